The maximum absolute atomic E-state index is 11.9. The summed E-state index contributed by atoms with van der Waals surface area (Å²) < 4.78 is 4.93. The van der Waals surface area contributed by atoms with Crippen LogP contribution in [0.2, 0.25) is 0 Å². The molecule has 0 spiro atoms. The Kier molecular flexibility index (Phi) is 6.45. The van der Waals surface area contributed by atoms with Crippen molar-refractivity contribution in [1.29, 1.82) is 0 Å². The number of hydrogen-bond donors (Lipinski definition) is 1. The van der Waals surface area contributed by atoms with E-state index in [0.29, 0.717) is 13.1 Å². The third kappa shape index (κ3) is 4.66. The fraction of sp³-hybridized carbons (Fsp3) is 0.450. The van der Waals surface area contributed by atoms with Crippen LogP contribution < -0.4 is 5.32 Å². The molecule has 1 aromatic carbocycles. The third-order valence-electron chi connectivity index (χ3n) is 4.74. The van der Waals surface area contributed by atoms with Gasteiger partial charge >= 0.3 is 5.97 Å². The smallest absolute Gasteiger partial charge is 0.310 e. The van der Waals surface area contributed by atoms with Crippen molar-refractivity contribution in [2.24, 2.45) is 16.8 Å². The first-order valence-corrected chi connectivity index (χ1v) is 10.1. The molecule has 0 aliphatic carbocycles. The molecule has 3 rings (SSSR count). The number of carbonyl (C=O) groups excluding carboxylic acids is 1. The van der Waals surface area contributed by atoms with E-state index in [4.69, 9.17) is 14.7 Å². The second-order valence-electron chi connectivity index (χ2n) is 6.67. The number of aromatic nitrogens is 1. The van der Waals surface area contributed by atoms with Crippen LogP contribution in [-0.2, 0) is 16.1 Å². The van der Waals surface area contributed by atoms with Crippen LogP contribution in [0, 0.1) is 11.8 Å². The first-order chi connectivity index (χ1) is 13.1. The van der Waals surface area contributed by atoms with Crippen molar-refractivity contribution >= 4 is 23.3 Å². The number of likely N-dealkylation sites (tertiary alicyclic amines) is 1. The van der Waals surface area contributed by atoms with Gasteiger partial charge in [-0.3, -0.25) is 4.79 Å². The lowest BCUT2D eigenvalue weighted by Gasteiger charge is -2.21. The molecule has 0 amide bonds. The molecule has 0 saturated carbocycles. The van der Waals surface area contributed by atoms with E-state index in [-0.39, 0.29) is 17.8 Å². The summed E-state index contributed by atoms with van der Waals surface area (Å²) in [7, 11) is 1.45. The van der Waals surface area contributed by atoms with Crippen LogP contribution in [0.25, 0.3) is 11.3 Å². The van der Waals surface area contributed by atoms with Crippen LogP contribution in [0.4, 0.5) is 0 Å². The predicted octanol–water partition coefficient (Wildman–Crippen LogP) is 3.02. The monoisotopic (exact) mass is 386 g/mol. The van der Waals surface area contributed by atoms with Gasteiger partial charge in [0.15, 0.2) is 5.96 Å². The summed E-state index contributed by atoms with van der Waals surface area (Å²) in [6.45, 7) is 6.85. The van der Waals surface area contributed by atoms with Crippen molar-refractivity contribution in [1.82, 2.24) is 15.2 Å². The largest absolute Gasteiger partial charge is 0.469 e. The number of methoxy groups -OCH3 is 1. The predicted molar refractivity (Wildman–Crippen MR) is 109 cm³/mol. The van der Waals surface area contributed by atoms with Gasteiger partial charge in [-0.2, -0.15) is 0 Å². The molecule has 1 fully saturated rings. The first kappa shape index (κ1) is 19.4. The van der Waals surface area contributed by atoms with Crippen LogP contribution in [-0.4, -0.2) is 48.6 Å². The standard InChI is InChI=1S/C20H26N4O2S/c1-4-21-20(24-11-14(2)16(12-24)19(25)26-3)22-10-18-23-17(13-27-18)15-8-6-5-7-9-15/h5-9,13-14,16H,4,10-12H2,1-3H3,(H,21,22). The van der Waals surface area contributed by atoms with Crippen molar-refractivity contribution in [3.63, 3.8) is 0 Å². The molecule has 1 N–H and O–H groups in total. The zero-order valence-corrected chi connectivity index (χ0v) is 16.8. The highest BCUT2D eigenvalue weighted by molar-refractivity contribution is 7.09. The fourth-order valence-corrected chi connectivity index (χ4v) is 4.02. The Morgan fingerprint density at radius 3 is 2.85 bits per heavy atom. The molecule has 1 aliphatic heterocycles. The van der Waals surface area contributed by atoms with Crippen LogP contribution in [0.5, 0.6) is 0 Å². The fourth-order valence-electron chi connectivity index (χ4n) is 3.29. The van der Waals surface area contributed by atoms with Crippen molar-refractivity contribution in [3.05, 3.63) is 40.7 Å². The number of rotatable bonds is 5. The number of nitrogens with one attached hydrogen (secondary N) is 1. The Labute approximate surface area is 164 Å². The second kappa shape index (κ2) is 8.99. The highest BCUT2D eigenvalue weighted by Crippen LogP contribution is 2.25. The molecule has 2 unspecified atom stereocenters. The van der Waals surface area contributed by atoms with E-state index in [0.717, 1.165) is 35.3 Å². The van der Waals surface area contributed by atoms with Crippen LogP contribution >= 0.6 is 11.3 Å². The normalized spacial score (nSPS) is 20.0. The highest BCUT2D eigenvalue weighted by atomic mass is 32.1. The van der Waals surface area contributed by atoms with E-state index in [9.17, 15) is 4.79 Å². The number of thiazole rings is 1. The van der Waals surface area contributed by atoms with Crippen molar-refractivity contribution < 1.29 is 9.53 Å². The van der Waals surface area contributed by atoms with Gasteiger partial charge in [0, 0.05) is 30.6 Å². The zero-order valence-electron chi connectivity index (χ0n) is 16.0. The lowest BCUT2D eigenvalue weighted by atomic mass is 9.99. The van der Waals surface area contributed by atoms with E-state index in [1.165, 1.54) is 7.11 Å². The lowest BCUT2D eigenvalue weighted by Crippen LogP contribution is -2.40. The number of ether oxygens (including phenoxy) is 1. The summed E-state index contributed by atoms with van der Waals surface area (Å²) in [4.78, 5) is 23.5. The van der Waals surface area contributed by atoms with Gasteiger partial charge in [-0.1, -0.05) is 37.3 Å². The summed E-state index contributed by atoms with van der Waals surface area (Å²) in [6.07, 6.45) is 0. The van der Waals surface area contributed by atoms with Crippen LogP contribution in [0.3, 0.4) is 0 Å². The molecule has 0 bridgehead atoms. The number of aliphatic imine (C=N–C) groups is 1. The Balaban J connectivity index is 1.70. The van der Waals surface area contributed by atoms with Crippen molar-refractivity contribution in [2.45, 2.75) is 20.4 Å². The SMILES string of the molecule is CCNC(=NCc1nc(-c2ccccc2)cs1)N1CC(C)C(C(=O)OC)C1. The van der Waals surface area contributed by atoms with E-state index in [1.54, 1.807) is 11.3 Å². The second-order valence-corrected chi connectivity index (χ2v) is 7.62. The van der Waals surface area contributed by atoms with Gasteiger partial charge in [0.25, 0.3) is 0 Å². The molecule has 27 heavy (non-hydrogen) atoms. The molecule has 2 heterocycles. The molecule has 1 aromatic heterocycles. The van der Waals surface area contributed by atoms with Crippen LogP contribution in [0.15, 0.2) is 40.7 Å². The van der Waals surface area contributed by atoms with E-state index >= 15 is 0 Å². The quantitative estimate of drug-likeness (QED) is 0.486. The Morgan fingerprint density at radius 1 is 1.37 bits per heavy atom. The minimum atomic E-state index is -0.145. The number of benzene rings is 1. The molecule has 0 radical (unpaired) electrons. The van der Waals surface area contributed by atoms with Gasteiger partial charge in [-0.15, -0.1) is 11.3 Å². The molecule has 2 aromatic rings. The van der Waals surface area contributed by atoms with E-state index in [1.807, 2.05) is 25.1 Å². The van der Waals surface area contributed by atoms with Gasteiger partial charge in [0.2, 0.25) is 0 Å². The minimum absolute atomic E-state index is 0.108. The van der Waals surface area contributed by atoms with Gasteiger partial charge in [-0.05, 0) is 12.8 Å². The summed E-state index contributed by atoms with van der Waals surface area (Å²) in [5.74, 6) is 0.815. The maximum atomic E-state index is 11.9. The summed E-state index contributed by atoms with van der Waals surface area (Å²) in [6, 6.07) is 10.2. The zero-order chi connectivity index (χ0) is 19.2. The van der Waals surface area contributed by atoms with Gasteiger partial charge < -0.3 is 15.0 Å². The first-order valence-electron chi connectivity index (χ1n) is 9.23. The van der Waals surface area contributed by atoms with E-state index < -0.39 is 0 Å². The molecular weight excluding hydrogens is 360 g/mol. The average molecular weight is 387 g/mol. The third-order valence-corrected chi connectivity index (χ3v) is 5.57. The number of guanidine groups is 1. The summed E-state index contributed by atoms with van der Waals surface area (Å²) in [5.41, 5.74) is 2.10. The number of carbonyl (C=O) groups is 1. The number of nitrogens with zero attached hydrogens (tertiary/aromatic N) is 3. The minimum Gasteiger partial charge on any atom is -0.469 e. The Bertz CT molecular complexity index is 790. The summed E-state index contributed by atoms with van der Waals surface area (Å²) in [5, 5.41) is 6.37. The Hall–Kier alpha value is -2.41. The Morgan fingerprint density at radius 2 is 2.15 bits per heavy atom. The van der Waals surface area contributed by atoms with Crippen molar-refractivity contribution in [2.75, 3.05) is 26.7 Å². The highest BCUT2D eigenvalue weighted by Gasteiger charge is 2.36. The molecule has 7 heteroatoms. The molecule has 2 atom stereocenters. The molecule has 1 aliphatic rings. The number of esters is 1. The van der Waals surface area contributed by atoms with Crippen molar-refractivity contribution in [3.8, 4) is 11.3 Å². The molecule has 1 saturated heterocycles. The average Bonchev–Trinajstić information content (AvgIpc) is 3.32. The summed E-state index contributed by atoms with van der Waals surface area (Å²) >= 11 is 1.62. The van der Waals surface area contributed by atoms with E-state index in [2.05, 4.69) is 34.7 Å². The van der Waals surface area contributed by atoms with Gasteiger partial charge in [0.05, 0.1) is 25.3 Å². The van der Waals surface area contributed by atoms with Gasteiger partial charge in [0.1, 0.15) is 5.01 Å². The van der Waals surface area contributed by atoms with Crippen LogP contribution in [0.1, 0.15) is 18.9 Å². The maximum Gasteiger partial charge on any atom is 0.310 e. The number of hydrogen-bond acceptors (Lipinski definition) is 5. The molecule has 6 nitrogen and oxygen atoms in total. The topological polar surface area (TPSA) is 66.8 Å². The lowest BCUT2D eigenvalue weighted by molar-refractivity contribution is -0.145. The van der Waals surface area contributed by atoms with Gasteiger partial charge in [-0.25, -0.2) is 9.98 Å². The molecule has 144 valence electrons. The molecular formula is C20H26N4O2S.